The van der Waals surface area contributed by atoms with Crippen molar-refractivity contribution in [3.8, 4) is 0 Å². The second-order valence-corrected chi connectivity index (χ2v) is 5.92. The van der Waals surface area contributed by atoms with E-state index in [4.69, 9.17) is 4.74 Å². The fourth-order valence-corrected chi connectivity index (χ4v) is 2.90. The first-order valence-corrected chi connectivity index (χ1v) is 7.80. The summed E-state index contributed by atoms with van der Waals surface area (Å²) in [5, 5.41) is 24.9. The monoisotopic (exact) mass is 332 g/mol. The normalized spacial score (nSPS) is 17.9. The van der Waals surface area contributed by atoms with Gasteiger partial charge in [0.2, 0.25) is 0 Å². The van der Waals surface area contributed by atoms with Crippen LogP contribution in [0.4, 0.5) is 11.4 Å². The number of nitro groups is 1. The van der Waals surface area contributed by atoms with E-state index >= 15 is 0 Å². The molecule has 0 saturated carbocycles. The van der Waals surface area contributed by atoms with Crippen molar-refractivity contribution in [2.45, 2.75) is 26.2 Å². The van der Waals surface area contributed by atoms with Crippen LogP contribution in [0.25, 0.3) is 0 Å². The van der Waals surface area contributed by atoms with Crippen molar-refractivity contribution < 1.29 is 14.8 Å². The molecule has 0 bridgehead atoms. The van der Waals surface area contributed by atoms with Crippen molar-refractivity contribution in [1.82, 2.24) is 9.78 Å². The van der Waals surface area contributed by atoms with Crippen molar-refractivity contribution in [3.05, 3.63) is 51.8 Å². The maximum atomic E-state index is 11.3. The second-order valence-electron chi connectivity index (χ2n) is 5.92. The lowest BCUT2D eigenvalue weighted by Gasteiger charge is -2.34. The number of aryl methyl sites for hydroxylation is 1. The highest BCUT2D eigenvalue weighted by molar-refractivity contribution is 5.64. The number of hydrogen-bond acceptors (Lipinski definition) is 6. The predicted molar refractivity (Wildman–Crippen MR) is 87.9 cm³/mol. The fraction of sp³-hybridized carbons (Fsp3) is 0.438. The molecule has 1 aromatic carbocycles. The van der Waals surface area contributed by atoms with Gasteiger partial charge >= 0.3 is 0 Å². The molecule has 128 valence electrons. The Bertz CT molecular complexity index is 731. The van der Waals surface area contributed by atoms with Crippen LogP contribution in [0.2, 0.25) is 0 Å². The summed E-state index contributed by atoms with van der Waals surface area (Å²) in [6.07, 6.45) is 3.63. The summed E-state index contributed by atoms with van der Waals surface area (Å²) in [5.74, 6) is 0. The van der Waals surface area contributed by atoms with Crippen LogP contribution in [0.1, 0.15) is 11.1 Å². The number of nitro benzene ring substituents is 1. The molecular formula is C16H20N4O4. The van der Waals surface area contributed by atoms with E-state index in [0.29, 0.717) is 37.5 Å². The number of ether oxygens (including phenoxy) is 1. The molecular weight excluding hydrogens is 312 g/mol. The molecule has 1 fully saturated rings. The number of nitrogens with zero attached hydrogens (tertiary/aromatic N) is 4. The molecule has 8 heteroatoms. The standard InChI is InChI=1S/C16H20N4O4/c1-12-7-17-19(8-12)10-14-9-18(4-5-24-14)16-6-13(11-21)2-3-15(16)20(22)23/h2-3,6-8,14,21H,4-5,9-11H2,1H3. The van der Waals surface area contributed by atoms with Crippen molar-refractivity contribution in [3.63, 3.8) is 0 Å². The lowest BCUT2D eigenvalue weighted by Crippen LogP contribution is -2.44. The molecule has 1 N–H and O–H groups in total. The van der Waals surface area contributed by atoms with Crippen LogP contribution < -0.4 is 4.90 Å². The van der Waals surface area contributed by atoms with Gasteiger partial charge in [-0.15, -0.1) is 0 Å². The third-order valence-corrected chi connectivity index (χ3v) is 4.05. The molecule has 1 atom stereocenters. The average Bonchev–Trinajstić information content (AvgIpc) is 2.99. The molecule has 1 aromatic heterocycles. The van der Waals surface area contributed by atoms with Crippen LogP contribution in [-0.2, 0) is 17.9 Å². The lowest BCUT2D eigenvalue weighted by molar-refractivity contribution is -0.384. The maximum absolute atomic E-state index is 11.3. The van der Waals surface area contributed by atoms with Crippen LogP contribution in [0.15, 0.2) is 30.6 Å². The summed E-state index contributed by atoms with van der Waals surface area (Å²) in [4.78, 5) is 12.9. The molecule has 0 aliphatic carbocycles. The van der Waals surface area contributed by atoms with Crippen molar-refractivity contribution >= 4 is 11.4 Å². The van der Waals surface area contributed by atoms with Crippen molar-refractivity contribution in [2.75, 3.05) is 24.6 Å². The van der Waals surface area contributed by atoms with E-state index in [0.717, 1.165) is 5.56 Å². The molecule has 8 nitrogen and oxygen atoms in total. The zero-order valence-electron chi connectivity index (χ0n) is 13.5. The van der Waals surface area contributed by atoms with Gasteiger partial charge in [-0.05, 0) is 30.2 Å². The third kappa shape index (κ3) is 3.55. The predicted octanol–water partition coefficient (Wildman–Crippen LogP) is 1.50. The lowest BCUT2D eigenvalue weighted by atomic mass is 10.1. The molecule has 1 saturated heterocycles. The average molecular weight is 332 g/mol. The minimum Gasteiger partial charge on any atom is -0.392 e. The van der Waals surface area contributed by atoms with E-state index in [-0.39, 0.29) is 18.4 Å². The van der Waals surface area contributed by atoms with Gasteiger partial charge in [-0.25, -0.2) is 0 Å². The van der Waals surface area contributed by atoms with Gasteiger partial charge < -0.3 is 14.7 Å². The van der Waals surface area contributed by atoms with E-state index in [9.17, 15) is 15.2 Å². The Hall–Kier alpha value is -2.45. The van der Waals surface area contributed by atoms with Gasteiger partial charge in [0.05, 0.1) is 37.0 Å². The number of aromatic nitrogens is 2. The highest BCUT2D eigenvalue weighted by Crippen LogP contribution is 2.30. The Morgan fingerprint density at radius 1 is 1.50 bits per heavy atom. The van der Waals surface area contributed by atoms with Gasteiger partial charge in [-0.2, -0.15) is 5.10 Å². The van der Waals surface area contributed by atoms with Gasteiger partial charge in [0, 0.05) is 25.4 Å². The molecule has 24 heavy (non-hydrogen) atoms. The van der Waals surface area contributed by atoms with E-state index in [1.165, 1.54) is 6.07 Å². The van der Waals surface area contributed by atoms with E-state index in [1.54, 1.807) is 18.3 Å². The fourth-order valence-electron chi connectivity index (χ4n) is 2.90. The van der Waals surface area contributed by atoms with E-state index in [2.05, 4.69) is 5.10 Å². The highest BCUT2D eigenvalue weighted by atomic mass is 16.6. The Balaban J connectivity index is 1.80. The van der Waals surface area contributed by atoms with Crippen LogP contribution >= 0.6 is 0 Å². The first-order valence-electron chi connectivity index (χ1n) is 7.80. The Morgan fingerprint density at radius 2 is 2.33 bits per heavy atom. The summed E-state index contributed by atoms with van der Waals surface area (Å²) >= 11 is 0. The maximum Gasteiger partial charge on any atom is 0.292 e. The Labute approximate surface area is 139 Å². The number of hydrogen-bond donors (Lipinski definition) is 1. The van der Waals surface area contributed by atoms with Gasteiger partial charge in [-0.3, -0.25) is 14.8 Å². The molecule has 0 amide bonds. The topological polar surface area (TPSA) is 93.7 Å². The molecule has 0 spiro atoms. The zero-order valence-corrected chi connectivity index (χ0v) is 13.5. The number of morpholine rings is 1. The molecule has 1 aliphatic rings. The van der Waals surface area contributed by atoms with Crippen molar-refractivity contribution in [2.24, 2.45) is 0 Å². The first-order chi connectivity index (χ1) is 11.6. The minimum absolute atomic E-state index is 0.0442. The highest BCUT2D eigenvalue weighted by Gasteiger charge is 2.26. The second kappa shape index (κ2) is 6.98. The first kappa shape index (κ1) is 16.4. The number of anilines is 1. The molecule has 2 aromatic rings. The molecule has 1 unspecified atom stereocenters. The van der Waals surface area contributed by atoms with Crippen LogP contribution in [0.3, 0.4) is 0 Å². The number of aliphatic hydroxyl groups excluding tert-OH is 1. The number of benzene rings is 1. The quantitative estimate of drug-likeness (QED) is 0.659. The zero-order chi connectivity index (χ0) is 17.1. The van der Waals surface area contributed by atoms with Crippen molar-refractivity contribution in [1.29, 1.82) is 0 Å². The summed E-state index contributed by atoms with van der Waals surface area (Å²) in [5.41, 5.74) is 2.30. The summed E-state index contributed by atoms with van der Waals surface area (Å²) in [6, 6.07) is 4.70. The number of rotatable bonds is 5. The largest absolute Gasteiger partial charge is 0.392 e. The molecule has 0 radical (unpaired) electrons. The summed E-state index contributed by atoms with van der Waals surface area (Å²) < 4.78 is 7.60. The SMILES string of the molecule is Cc1cnn(CC2CN(c3cc(CO)ccc3[N+](=O)[O-])CCO2)c1. The van der Waals surface area contributed by atoms with E-state index in [1.807, 2.05) is 22.7 Å². The van der Waals surface area contributed by atoms with E-state index < -0.39 is 4.92 Å². The summed E-state index contributed by atoms with van der Waals surface area (Å²) in [7, 11) is 0. The number of aliphatic hydroxyl groups is 1. The van der Waals surface area contributed by atoms with Gasteiger partial charge in [0.25, 0.3) is 5.69 Å². The van der Waals surface area contributed by atoms with Crippen LogP contribution in [-0.4, -0.2) is 45.6 Å². The van der Waals surface area contributed by atoms with Crippen LogP contribution in [0, 0.1) is 17.0 Å². The van der Waals surface area contributed by atoms with Gasteiger partial charge in [0.15, 0.2) is 0 Å². The Morgan fingerprint density at radius 3 is 3.00 bits per heavy atom. The molecule has 2 heterocycles. The van der Waals surface area contributed by atoms with Crippen LogP contribution in [0.5, 0.6) is 0 Å². The third-order valence-electron chi connectivity index (χ3n) is 4.05. The molecule has 1 aliphatic heterocycles. The smallest absolute Gasteiger partial charge is 0.292 e. The Kier molecular flexibility index (Phi) is 4.77. The minimum atomic E-state index is -0.391. The summed E-state index contributed by atoms with van der Waals surface area (Å²) in [6.45, 7) is 4.02. The van der Waals surface area contributed by atoms with Gasteiger partial charge in [-0.1, -0.05) is 0 Å². The van der Waals surface area contributed by atoms with Gasteiger partial charge in [0.1, 0.15) is 5.69 Å². The molecule has 3 rings (SSSR count).